The quantitative estimate of drug-likeness (QED) is 0.698. The predicted molar refractivity (Wildman–Crippen MR) is 104 cm³/mol. The molecule has 0 aromatic heterocycles. The Bertz CT molecular complexity index is 811. The lowest BCUT2D eigenvalue weighted by atomic mass is 9.80. The minimum Gasteiger partial charge on any atom is -0.463 e. The average Bonchev–Trinajstić information content (AvgIpc) is 2.66. The van der Waals surface area contributed by atoms with Crippen LogP contribution in [0.4, 0.5) is 0 Å². The van der Waals surface area contributed by atoms with Gasteiger partial charge in [0, 0.05) is 17.9 Å². The second-order valence-corrected chi connectivity index (χ2v) is 6.30. The number of benzene rings is 1. The van der Waals surface area contributed by atoms with Gasteiger partial charge in [0.2, 0.25) is 0 Å². The Morgan fingerprint density at radius 2 is 1.54 bits per heavy atom. The van der Waals surface area contributed by atoms with Crippen LogP contribution in [-0.2, 0) is 23.9 Å². The highest BCUT2D eigenvalue weighted by Gasteiger charge is 2.37. The number of hydrogen-bond acceptors (Lipinski definition) is 6. The van der Waals surface area contributed by atoms with Crippen LogP contribution in [0.3, 0.4) is 0 Å². The molecule has 1 atom stereocenters. The van der Waals surface area contributed by atoms with E-state index in [0.717, 1.165) is 5.56 Å². The van der Waals surface area contributed by atoms with Crippen LogP contribution < -0.4 is 10.6 Å². The van der Waals surface area contributed by atoms with Gasteiger partial charge in [0.25, 0.3) is 5.91 Å². The van der Waals surface area contributed by atoms with Crippen molar-refractivity contribution in [2.45, 2.75) is 33.6 Å². The SMILES string of the molecule is CCNC(=O)COC(=O)C1=C(C)NC(C)=C(C(=O)OCC)C1c1ccccc1. The highest BCUT2D eigenvalue weighted by molar-refractivity contribution is 6.00. The van der Waals surface area contributed by atoms with Gasteiger partial charge in [0.1, 0.15) is 0 Å². The van der Waals surface area contributed by atoms with E-state index in [-0.39, 0.29) is 24.7 Å². The number of rotatable bonds is 7. The minimum absolute atomic E-state index is 0.219. The van der Waals surface area contributed by atoms with Crippen molar-refractivity contribution in [2.24, 2.45) is 0 Å². The van der Waals surface area contributed by atoms with Crippen molar-refractivity contribution >= 4 is 17.8 Å². The molecule has 1 unspecified atom stereocenters. The molecule has 7 nitrogen and oxygen atoms in total. The number of likely N-dealkylation sites (N-methyl/N-ethyl adjacent to an activating group) is 1. The first-order valence-electron chi connectivity index (χ1n) is 9.25. The number of hydrogen-bond donors (Lipinski definition) is 2. The van der Waals surface area contributed by atoms with Crippen LogP contribution in [0.25, 0.3) is 0 Å². The highest BCUT2D eigenvalue weighted by Crippen LogP contribution is 2.39. The number of dihydropyridines is 1. The lowest BCUT2D eigenvalue weighted by Crippen LogP contribution is -2.34. The summed E-state index contributed by atoms with van der Waals surface area (Å²) in [5.41, 5.74) is 2.58. The fourth-order valence-corrected chi connectivity index (χ4v) is 3.18. The molecular weight excluding hydrogens is 360 g/mol. The van der Waals surface area contributed by atoms with Crippen LogP contribution in [0.1, 0.15) is 39.2 Å². The molecule has 0 radical (unpaired) electrons. The van der Waals surface area contributed by atoms with Crippen LogP contribution >= 0.6 is 0 Å². The third-order valence-electron chi connectivity index (χ3n) is 4.32. The Balaban J connectivity index is 2.43. The Kier molecular flexibility index (Phi) is 7.37. The summed E-state index contributed by atoms with van der Waals surface area (Å²) < 4.78 is 10.4. The lowest BCUT2D eigenvalue weighted by molar-refractivity contribution is -0.145. The van der Waals surface area contributed by atoms with Crippen LogP contribution in [0.5, 0.6) is 0 Å². The van der Waals surface area contributed by atoms with Crippen molar-refractivity contribution in [1.29, 1.82) is 0 Å². The first kappa shape index (κ1) is 21.2. The van der Waals surface area contributed by atoms with Gasteiger partial charge in [-0.2, -0.15) is 0 Å². The monoisotopic (exact) mass is 386 g/mol. The van der Waals surface area contributed by atoms with E-state index in [4.69, 9.17) is 9.47 Å². The normalized spacial score (nSPS) is 16.4. The molecule has 0 aliphatic carbocycles. The zero-order valence-corrected chi connectivity index (χ0v) is 16.6. The standard InChI is InChI=1S/C21H26N2O5/c1-5-22-16(24)12-28-21(26)18-14(4)23-13(3)17(20(25)27-6-2)19(18)15-10-8-7-9-11-15/h7-11,19,23H,5-6,12H2,1-4H3,(H,22,24). The molecule has 1 amide bonds. The van der Waals surface area contributed by atoms with Gasteiger partial charge in [-0.1, -0.05) is 30.3 Å². The van der Waals surface area contributed by atoms with Crippen LogP contribution in [0.2, 0.25) is 0 Å². The first-order valence-corrected chi connectivity index (χ1v) is 9.25. The molecule has 7 heteroatoms. The van der Waals surface area contributed by atoms with Crippen molar-refractivity contribution in [3.05, 3.63) is 58.4 Å². The van der Waals surface area contributed by atoms with Crippen molar-refractivity contribution in [1.82, 2.24) is 10.6 Å². The van der Waals surface area contributed by atoms with E-state index in [1.807, 2.05) is 30.3 Å². The molecule has 0 fully saturated rings. The largest absolute Gasteiger partial charge is 0.463 e. The van der Waals surface area contributed by atoms with E-state index in [9.17, 15) is 14.4 Å². The molecule has 1 aliphatic rings. The number of carbonyl (C=O) groups excluding carboxylic acids is 3. The summed E-state index contributed by atoms with van der Waals surface area (Å²) in [7, 11) is 0. The summed E-state index contributed by atoms with van der Waals surface area (Å²) in [5, 5.41) is 5.65. The summed E-state index contributed by atoms with van der Waals surface area (Å²) in [4.78, 5) is 37.2. The second-order valence-electron chi connectivity index (χ2n) is 6.30. The summed E-state index contributed by atoms with van der Waals surface area (Å²) in [6, 6.07) is 9.21. The van der Waals surface area contributed by atoms with Gasteiger partial charge < -0.3 is 20.1 Å². The second kappa shape index (κ2) is 9.73. The van der Waals surface area contributed by atoms with Crippen LogP contribution in [0.15, 0.2) is 52.9 Å². The molecule has 1 aliphatic heterocycles. The topological polar surface area (TPSA) is 93.7 Å². The van der Waals surface area contributed by atoms with Gasteiger partial charge in [-0.05, 0) is 33.3 Å². The van der Waals surface area contributed by atoms with Crippen LogP contribution in [-0.4, -0.2) is 37.6 Å². The molecule has 1 aromatic rings. The number of esters is 2. The fraction of sp³-hybridized carbons (Fsp3) is 0.381. The highest BCUT2D eigenvalue weighted by atomic mass is 16.5. The van der Waals surface area contributed by atoms with Gasteiger partial charge in [-0.15, -0.1) is 0 Å². The van der Waals surface area contributed by atoms with E-state index in [1.165, 1.54) is 0 Å². The van der Waals surface area contributed by atoms with Crippen molar-refractivity contribution in [3.63, 3.8) is 0 Å². The molecule has 28 heavy (non-hydrogen) atoms. The lowest BCUT2D eigenvalue weighted by Gasteiger charge is -2.30. The van der Waals surface area contributed by atoms with Crippen molar-refractivity contribution in [2.75, 3.05) is 19.8 Å². The van der Waals surface area contributed by atoms with E-state index in [2.05, 4.69) is 10.6 Å². The molecule has 0 saturated carbocycles. The number of amides is 1. The molecular formula is C21H26N2O5. The Morgan fingerprint density at radius 3 is 2.07 bits per heavy atom. The van der Waals surface area contributed by atoms with Crippen LogP contribution in [0, 0.1) is 0 Å². The molecule has 150 valence electrons. The molecule has 2 N–H and O–H groups in total. The summed E-state index contributed by atoms with van der Waals surface area (Å²) in [5.74, 6) is -2.18. The van der Waals surface area contributed by atoms with Gasteiger partial charge in [-0.25, -0.2) is 9.59 Å². The third kappa shape index (κ3) is 4.79. The van der Waals surface area contributed by atoms with Crippen molar-refractivity contribution in [3.8, 4) is 0 Å². The number of nitrogens with one attached hydrogen (secondary N) is 2. The molecule has 2 rings (SSSR count). The zero-order valence-electron chi connectivity index (χ0n) is 16.6. The maximum Gasteiger partial charge on any atom is 0.337 e. The van der Waals surface area contributed by atoms with E-state index in [0.29, 0.717) is 23.5 Å². The van der Waals surface area contributed by atoms with Crippen molar-refractivity contribution < 1.29 is 23.9 Å². The van der Waals surface area contributed by atoms with Gasteiger partial charge in [-0.3, -0.25) is 4.79 Å². The first-order chi connectivity index (χ1) is 13.4. The number of carbonyl (C=O) groups is 3. The molecule has 0 spiro atoms. The van der Waals surface area contributed by atoms with Gasteiger partial charge in [0.15, 0.2) is 6.61 Å². The van der Waals surface area contributed by atoms with E-state index < -0.39 is 17.9 Å². The minimum atomic E-state index is -0.653. The Morgan fingerprint density at radius 1 is 0.964 bits per heavy atom. The molecule has 1 aromatic carbocycles. The predicted octanol–water partition coefficient (Wildman–Crippen LogP) is 2.16. The fourth-order valence-electron chi connectivity index (χ4n) is 3.18. The van der Waals surface area contributed by atoms with Gasteiger partial charge >= 0.3 is 11.9 Å². The summed E-state index contributed by atoms with van der Waals surface area (Å²) >= 11 is 0. The van der Waals surface area contributed by atoms with E-state index >= 15 is 0 Å². The smallest absolute Gasteiger partial charge is 0.337 e. The Hall–Kier alpha value is -3.09. The summed E-state index contributed by atoms with van der Waals surface area (Å²) in [6.07, 6.45) is 0. The average molecular weight is 386 g/mol. The Labute approximate surface area is 164 Å². The number of ether oxygens (including phenoxy) is 2. The maximum absolute atomic E-state index is 12.9. The van der Waals surface area contributed by atoms with Gasteiger partial charge in [0.05, 0.1) is 23.7 Å². The summed E-state index contributed by atoms with van der Waals surface area (Å²) in [6.45, 7) is 7.29. The number of allylic oxidation sites excluding steroid dienone is 2. The molecule has 0 saturated heterocycles. The third-order valence-corrected chi connectivity index (χ3v) is 4.32. The zero-order chi connectivity index (χ0) is 20.7. The van der Waals surface area contributed by atoms with E-state index in [1.54, 1.807) is 27.7 Å². The maximum atomic E-state index is 12.9. The molecule has 1 heterocycles. The molecule has 0 bridgehead atoms.